The van der Waals surface area contributed by atoms with Gasteiger partial charge in [0.1, 0.15) is 0 Å². The fraction of sp³-hybridized carbons (Fsp3) is 0.250. The van der Waals surface area contributed by atoms with Gasteiger partial charge in [0.05, 0.1) is 0 Å². The molecule has 2 aromatic carbocycles. The Morgan fingerprint density at radius 3 is 2.40 bits per heavy atom. The highest BCUT2D eigenvalue weighted by Crippen LogP contribution is 2.15. The third-order valence-electron chi connectivity index (χ3n) is 2.92. The second-order valence-corrected chi connectivity index (χ2v) is 5.16. The molecule has 0 aliphatic carbocycles. The van der Waals surface area contributed by atoms with Crippen molar-refractivity contribution < 1.29 is 9.59 Å². The lowest BCUT2D eigenvalue weighted by Crippen LogP contribution is -2.41. The zero-order valence-electron chi connectivity index (χ0n) is 11.6. The summed E-state index contributed by atoms with van der Waals surface area (Å²) in [5, 5.41) is 2.07. The molecule has 4 heteroatoms. The van der Waals surface area contributed by atoms with Crippen LogP contribution in [-0.2, 0) is 4.79 Å². The second-order valence-electron chi connectivity index (χ2n) is 5.16. The number of hydrogen-bond donors (Lipinski definition) is 2. The highest BCUT2D eigenvalue weighted by molar-refractivity contribution is 5.99. The summed E-state index contributed by atoms with van der Waals surface area (Å²) >= 11 is 0. The first-order valence-corrected chi connectivity index (χ1v) is 6.64. The molecule has 0 saturated carbocycles. The maximum atomic E-state index is 12.0. The van der Waals surface area contributed by atoms with Crippen LogP contribution < -0.4 is 10.9 Å². The van der Waals surface area contributed by atoms with E-state index in [1.165, 1.54) is 0 Å². The molecule has 104 valence electrons. The van der Waals surface area contributed by atoms with E-state index in [1.807, 2.05) is 44.2 Å². The van der Waals surface area contributed by atoms with Crippen LogP contribution in [0.5, 0.6) is 0 Å². The zero-order valence-corrected chi connectivity index (χ0v) is 11.6. The van der Waals surface area contributed by atoms with Gasteiger partial charge in [-0.2, -0.15) is 0 Å². The molecule has 2 amide bonds. The quantitative estimate of drug-likeness (QED) is 0.842. The van der Waals surface area contributed by atoms with Crippen LogP contribution in [0.4, 0.5) is 0 Å². The van der Waals surface area contributed by atoms with Gasteiger partial charge in [-0.25, -0.2) is 0 Å². The summed E-state index contributed by atoms with van der Waals surface area (Å²) in [6, 6.07) is 13.2. The molecule has 0 bridgehead atoms. The van der Waals surface area contributed by atoms with E-state index < -0.39 is 0 Å². The van der Waals surface area contributed by atoms with Gasteiger partial charge in [0.25, 0.3) is 5.91 Å². The fourth-order valence-electron chi connectivity index (χ4n) is 1.95. The predicted molar refractivity (Wildman–Crippen MR) is 79.0 cm³/mol. The van der Waals surface area contributed by atoms with E-state index in [0.29, 0.717) is 12.0 Å². The summed E-state index contributed by atoms with van der Waals surface area (Å²) in [6.07, 6.45) is 0.387. The minimum Gasteiger partial charge on any atom is -0.273 e. The van der Waals surface area contributed by atoms with Crippen molar-refractivity contribution in [3.63, 3.8) is 0 Å². The van der Waals surface area contributed by atoms with E-state index in [4.69, 9.17) is 0 Å². The number of benzene rings is 2. The van der Waals surface area contributed by atoms with Crippen molar-refractivity contribution in [2.75, 3.05) is 0 Å². The molecule has 2 aromatic rings. The standard InChI is InChI=1S/C16H18N2O2/c1-11(2)9-15(19)17-18-16(20)14-8-7-12-5-3-4-6-13(12)10-14/h3-8,10-11H,9H2,1-2H3,(H,17,19)(H,18,20). The van der Waals surface area contributed by atoms with E-state index >= 15 is 0 Å². The van der Waals surface area contributed by atoms with Crippen molar-refractivity contribution in [1.29, 1.82) is 0 Å². The van der Waals surface area contributed by atoms with Crippen LogP contribution in [0, 0.1) is 5.92 Å². The molecule has 0 unspecified atom stereocenters. The van der Waals surface area contributed by atoms with Crippen molar-refractivity contribution in [2.45, 2.75) is 20.3 Å². The molecule has 2 rings (SSSR count). The van der Waals surface area contributed by atoms with Gasteiger partial charge in [0.2, 0.25) is 5.91 Å². The van der Waals surface area contributed by atoms with E-state index in [0.717, 1.165) is 10.8 Å². The van der Waals surface area contributed by atoms with Gasteiger partial charge in [-0.05, 0) is 28.8 Å². The Labute approximate surface area is 118 Å². The molecule has 0 spiro atoms. The second kappa shape index (κ2) is 6.19. The Bertz CT molecular complexity index is 635. The predicted octanol–water partition coefficient (Wildman–Crippen LogP) is 2.65. The SMILES string of the molecule is CC(C)CC(=O)NNC(=O)c1ccc2ccccc2c1. The number of carbonyl (C=O) groups excluding carboxylic acids is 2. The Morgan fingerprint density at radius 2 is 1.70 bits per heavy atom. The van der Waals surface area contributed by atoms with Crippen molar-refractivity contribution in [2.24, 2.45) is 5.92 Å². The summed E-state index contributed by atoms with van der Waals surface area (Å²) in [5.74, 6) is -0.241. The molecule has 4 nitrogen and oxygen atoms in total. The summed E-state index contributed by atoms with van der Waals surface area (Å²) in [4.78, 5) is 23.4. The third kappa shape index (κ3) is 3.57. The van der Waals surface area contributed by atoms with Crippen LogP contribution in [0.3, 0.4) is 0 Å². The lowest BCUT2D eigenvalue weighted by atomic mass is 10.1. The first-order valence-electron chi connectivity index (χ1n) is 6.64. The number of amides is 2. The molecule has 0 radical (unpaired) electrons. The van der Waals surface area contributed by atoms with Crippen LogP contribution in [0.15, 0.2) is 42.5 Å². The van der Waals surface area contributed by atoms with Crippen molar-refractivity contribution in [1.82, 2.24) is 10.9 Å². The molecule has 0 aliphatic heterocycles. The highest BCUT2D eigenvalue weighted by atomic mass is 16.2. The number of carbonyl (C=O) groups is 2. The van der Waals surface area contributed by atoms with Crippen LogP contribution in [0.2, 0.25) is 0 Å². The van der Waals surface area contributed by atoms with Gasteiger partial charge < -0.3 is 0 Å². The van der Waals surface area contributed by atoms with Crippen molar-refractivity contribution >= 4 is 22.6 Å². The summed E-state index contributed by atoms with van der Waals surface area (Å²) in [5.41, 5.74) is 5.37. The average Bonchev–Trinajstić information content (AvgIpc) is 2.43. The van der Waals surface area contributed by atoms with Gasteiger partial charge >= 0.3 is 0 Å². The molecule has 0 aliphatic rings. The number of fused-ring (bicyclic) bond motifs is 1. The zero-order chi connectivity index (χ0) is 14.5. The maximum Gasteiger partial charge on any atom is 0.269 e. The number of hydrogen-bond acceptors (Lipinski definition) is 2. The van der Waals surface area contributed by atoms with Gasteiger partial charge in [0, 0.05) is 12.0 Å². The number of nitrogens with one attached hydrogen (secondary N) is 2. The minimum absolute atomic E-state index is 0.186. The normalized spacial score (nSPS) is 10.6. The Morgan fingerprint density at radius 1 is 1.00 bits per heavy atom. The lowest BCUT2D eigenvalue weighted by Gasteiger charge is -2.09. The molecule has 0 fully saturated rings. The first-order chi connectivity index (χ1) is 9.56. The fourth-order valence-corrected chi connectivity index (χ4v) is 1.95. The Hall–Kier alpha value is -2.36. The van der Waals surface area contributed by atoms with Gasteiger partial charge in [-0.15, -0.1) is 0 Å². The summed E-state index contributed by atoms with van der Waals surface area (Å²) in [6.45, 7) is 3.90. The van der Waals surface area contributed by atoms with E-state index in [9.17, 15) is 9.59 Å². The minimum atomic E-state index is -0.312. The van der Waals surface area contributed by atoms with Crippen LogP contribution in [0.1, 0.15) is 30.6 Å². The first kappa shape index (κ1) is 14.1. The Kier molecular flexibility index (Phi) is 4.35. The largest absolute Gasteiger partial charge is 0.273 e. The van der Waals surface area contributed by atoms with Gasteiger partial charge in [-0.3, -0.25) is 20.4 Å². The summed E-state index contributed by atoms with van der Waals surface area (Å²) in [7, 11) is 0. The molecule has 2 N–H and O–H groups in total. The molecule has 0 aromatic heterocycles. The third-order valence-corrected chi connectivity index (χ3v) is 2.92. The molecule has 0 heterocycles. The molecule has 0 atom stereocenters. The topological polar surface area (TPSA) is 58.2 Å². The van der Waals surface area contributed by atoms with Gasteiger partial charge in [-0.1, -0.05) is 44.2 Å². The number of hydrazine groups is 1. The monoisotopic (exact) mass is 270 g/mol. The summed E-state index contributed by atoms with van der Waals surface area (Å²) < 4.78 is 0. The maximum absolute atomic E-state index is 12.0. The van der Waals surface area contributed by atoms with Crippen molar-refractivity contribution in [3.05, 3.63) is 48.0 Å². The smallest absolute Gasteiger partial charge is 0.269 e. The molecular weight excluding hydrogens is 252 g/mol. The molecule has 0 saturated heterocycles. The van der Waals surface area contributed by atoms with E-state index in [1.54, 1.807) is 12.1 Å². The van der Waals surface area contributed by atoms with Crippen LogP contribution in [0.25, 0.3) is 10.8 Å². The molecule has 20 heavy (non-hydrogen) atoms. The Balaban J connectivity index is 2.02. The van der Waals surface area contributed by atoms with E-state index in [-0.39, 0.29) is 17.7 Å². The molecular formula is C16H18N2O2. The van der Waals surface area contributed by atoms with Crippen LogP contribution in [-0.4, -0.2) is 11.8 Å². The van der Waals surface area contributed by atoms with E-state index in [2.05, 4.69) is 10.9 Å². The van der Waals surface area contributed by atoms with Gasteiger partial charge in [0.15, 0.2) is 0 Å². The van der Waals surface area contributed by atoms with Crippen LogP contribution >= 0.6 is 0 Å². The van der Waals surface area contributed by atoms with Crippen molar-refractivity contribution in [3.8, 4) is 0 Å². The lowest BCUT2D eigenvalue weighted by molar-refractivity contribution is -0.122. The number of rotatable bonds is 3. The highest BCUT2D eigenvalue weighted by Gasteiger charge is 2.09. The average molecular weight is 270 g/mol.